The molecule has 0 bridgehead atoms. The third kappa shape index (κ3) is 1.69. The van der Waals surface area contributed by atoms with E-state index in [0.29, 0.717) is 5.04 Å². The van der Waals surface area contributed by atoms with Crippen LogP contribution in [0.15, 0.2) is 24.4 Å². The number of hydrogen-bond acceptors (Lipinski definition) is 1. The molecule has 0 spiro atoms. The van der Waals surface area contributed by atoms with E-state index in [4.69, 9.17) is 0 Å². The van der Waals surface area contributed by atoms with Crippen LogP contribution >= 0.6 is 0 Å². The first-order chi connectivity index (χ1) is 7.32. The molecule has 16 heavy (non-hydrogen) atoms. The van der Waals surface area contributed by atoms with Crippen molar-refractivity contribution >= 4 is 24.2 Å². The molecular weight excluding hydrogens is 212 g/mol. The van der Waals surface area contributed by atoms with Gasteiger partial charge in [-0.3, -0.25) is 5.10 Å². The smallest absolute Gasteiger partial charge is 0.0860 e. The molecule has 86 valence electrons. The number of aromatic amines is 1. The summed E-state index contributed by atoms with van der Waals surface area (Å²) in [5, 5.41) is 10.2. The van der Waals surface area contributed by atoms with E-state index in [1.54, 1.807) is 0 Å². The van der Waals surface area contributed by atoms with Crippen LogP contribution in [0.3, 0.4) is 0 Å². The Kier molecular flexibility index (Phi) is 2.46. The van der Waals surface area contributed by atoms with Gasteiger partial charge in [-0.1, -0.05) is 51.2 Å². The highest BCUT2D eigenvalue weighted by atomic mass is 28.3. The van der Waals surface area contributed by atoms with Crippen LogP contribution in [0.4, 0.5) is 0 Å². The van der Waals surface area contributed by atoms with Gasteiger partial charge in [0, 0.05) is 5.39 Å². The molecule has 1 N–H and O–H groups in total. The lowest BCUT2D eigenvalue weighted by Crippen LogP contribution is -2.49. The molecule has 0 aliphatic rings. The maximum atomic E-state index is 4.08. The van der Waals surface area contributed by atoms with Gasteiger partial charge in [-0.2, -0.15) is 5.10 Å². The molecular formula is C13H20N2Si. The van der Waals surface area contributed by atoms with Gasteiger partial charge in [0.15, 0.2) is 0 Å². The second-order valence-corrected chi connectivity index (χ2v) is 11.4. The zero-order chi connectivity index (χ0) is 12.0. The van der Waals surface area contributed by atoms with Gasteiger partial charge >= 0.3 is 0 Å². The van der Waals surface area contributed by atoms with Crippen molar-refractivity contribution in [2.75, 3.05) is 0 Å². The van der Waals surface area contributed by atoms with Crippen LogP contribution in [0.2, 0.25) is 18.1 Å². The van der Waals surface area contributed by atoms with Crippen LogP contribution in [-0.2, 0) is 0 Å². The lowest BCUT2D eigenvalue weighted by Gasteiger charge is -2.37. The van der Waals surface area contributed by atoms with E-state index in [9.17, 15) is 0 Å². The summed E-state index contributed by atoms with van der Waals surface area (Å²) in [6, 6.07) is 6.73. The Morgan fingerprint density at radius 1 is 1.19 bits per heavy atom. The number of hydrogen-bond donors (Lipinski definition) is 1. The summed E-state index contributed by atoms with van der Waals surface area (Å²) >= 11 is 0. The number of fused-ring (bicyclic) bond motifs is 1. The average Bonchev–Trinajstić information content (AvgIpc) is 2.61. The third-order valence-corrected chi connectivity index (χ3v) is 9.54. The van der Waals surface area contributed by atoms with Crippen molar-refractivity contribution in [1.82, 2.24) is 10.2 Å². The second kappa shape index (κ2) is 3.45. The Hall–Kier alpha value is -1.09. The number of benzene rings is 1. The van der Waals surface area contributed by atoms with Crippen molar-refractivity contribution in [3.63, 3.8) is 0 Å². The molecule has 0 aliphatic carbocycles. The van der Waals surface area contributed by atoms with E-state index < -0.39 is 8.07 Å². The lowest BCUT2D eigenvalue weighted by atomic mass is 10.2. The van der Waals surface area contributed by atoms with Gasteiger partial charge in [0.2, 0.25) is 0 Å². The molecule has 0 unspecified atom stereocenters. The summed E-state index contributed by atoms with van der Waals surface area (Å²) in [5.74, 6) is 0. The molecule has 0 radical (unpaired) electrons. The fourth-order valence-electron chi connectivity index (χ4n) is 1.76. The number of nitrogens with zero attached hydrogens (tertiary/aromatic N) is 1. The summed E-state index contributed by atoms with van der Waals surface area (Å²) in [4.78, 5) is 0. The largest absolute Gasteiger partial charge is 0.278 e. The highest BCUT2D eigenvalue weighted by Crippen LogP contribution is 2.35. The van der Waals surface area contributed by atoms with Crippen molar-refractivity contribution in [3.05, 3.63) is 24.4 Å². The van der Waals surface area contributed by atoms with Crippen molar-refractivity contribution in [2.45, 2.75) is 38.9 Å². The molecule has 0 fully saturated rings. The molecule has 0 amide bonds. The van der Waals surface area contributed by atoms with E-state index in [0.717, 1.165) is 5.52 Å². The Balaban J connectivity index is 2.54. The fraction of sp³-hybridized carbons (Fsp3) is 0.462. The Labute approximate surface area is 98.1 Å². The van der Waals surface area contributed by atoms with Crippen LogP contribution in [0.5, 0.6) is 0 Å². The summed E-state index contributed by atoms with van der Waals surface area (Å²) in [7, 11) is -1.42. The van der Waals surface area contributed by atoms with Gasteiger partial charge in [-0.25, -0.2) is 0 Å². The first kappa shape index (κ1) is 11.4. The number of rotatable bonds is 1. The first-order valence-corrected chi connectivity index (χ1v) is 8.76. The summed E-state index contributed by atoms with van der Waals surface area (Å²) in [5.41, 5.74) is 1.15. The fourth-order valence-corrected chi connectivity index (χ4v) is 3.63. The molecule has 3 heteroatoms. The van der Waals surface area contributed by atoms with E-state index in [1.807, 2.05) is 6.20 Å². The third-order valence-electron chi connectivity index (χ3n) is 4.04. The Morgan fingerprint density at radius 2 is 1.88 bits per heavy atom. The van der Waals surface area contributed by atoms with E-state index in [2.05, 4.69) is 62.3 Å². The summed E-state index contributed by atoms with van der Waals surface area (Å²) < 4.78 is 0. The maximum absolute atomic E-state index is 4.08. The minimum absolute atomic E-state index is 0.376. The highest BCUT2D eigenvalue weighted by molar-refractivity contribution is 6.92. The zero-order valence-corrected chi connectivity index (χ0v) is 11.8. The van der Waals surface area contributed by atoms with Crippen molar-refractivity contribution in [1.29, 1.82) is 0 Å². The molecule has 0 saturated heterocycles. The first-order valence-electron chi connectivity index (χ1n) is 5.76. The number of aromatic nitrogens is 2. The predicted molar refractivity (Wildman–Crippen MR) is 72.9 cm³/mol. The number of nitrogens with one attached hydrogen (secondary N) is 1. The van der Waals surface area contributed by atoms with Crippen molar-refractivity contribution < 1.29 is 0 Å². The standard InChI is InChI=1S/C13H20N2Si/c1-13(2,3)16(4,5)11-7-6-10-9-14-15-12(10)8-11/h6-9H,1-5H3,(H,14,15). The monoisotopic (exact) mass is 232 g/mol. The quantitative estimate of drug-likeness (QED) is 0.751. The van der Waals surface area contributed by atoms with Crippen LogP contribution < -0.4 is 5.19 Å². The van der Waals surface area contributed by atoms with E-state index in [-0.39, 0.29) is 0 Å². The number of H-pyrrole nitrogens is 1. The molecule has 1 heterocycles. The second-order valence-electron chi connectivity index (χ2n) is 6.05. The normalized spacial score (nSPS) is 13.3. The minimum atomic E-state index is -1.42. The Bertz CT molecular complexity index is 506. The molecule has 1 aromatic heterocycles. The van der Waals surface area contributed by atoms with Gasteiger partial charge in [-0.15, -0.1) is 0 Å². The highest BCUT2D eigenvalue weighted by Gasteiger charge is 2.36. The molecule has 2 rings (SSSR count). The summed E-state index contributed by atoms with van der Waals surface area (Å²) in [6.07, 6.45) is 1.88. The topological polar surface area (TPSA) is 28.7 Å². The average molecular weight is 232 g/mol. The van der Waals surface area contributed by atoms with Gasteiger partial charge in [-0.05, 0) is 11.1 Å². The Morgan fingerprint density at radius 3 is 2.50 bits per heavy atom. The maximum Gasteiger partial charge on any atom is 0.0860 e. The van der Waals surface area contributed by atoms with Crippen molar-refractivity contribution in [2.24, 2.45) is 0 Å². The molecule has 1 aromatic carbocycles. The van der Waals surface area contributed by atoms with E-state index in [1.165, 1.54) is 10.6 Å². The SMILES string of the molecule is CC(C)(C)[Si](C)(C)c1ccc2cn[nH]c2c1. The van der Waals surface area contributed by atoms with Crippen LogP contribution in [-0.4, -0.2) is 18.3 Å². The predicted octanol–water partition coefficient (Wildman–Crippen LogP) is 3.28. The molecule has 0 aliphatic heterocycles. The molecule has 2 aromatic rings. The van der Waals surface area contributed by atoms with Crippen LogP contribution in [0.1, 0.15) is 20.8 Å². The molecule has 0 saturated carbocycles. The molecule has 0 atom stereocenters. The van der Waals surface area contributed by atoms with Gasteiger partial charge in [0.05, 0.1) is 19.8 Å². The zero-order valence-electron chi connectivity index (χ0n) is 10.8. The van der Waals surface area contributed by atoms with Gasteiger partial charge in [0.25, 0.3) is 0 Å². The molecule has 2 nitrogen and oxygen atoms in total. The van der Waals surface area contributed by atoms with Gasteiger partial charge in [0.1, 0.15) is 0 Å². The van der Waals surface area contributed by atoms with Crippen molar-refractivity contribution in [3.8, 4) is 0 Å². The lowest BCUT2D eigenvalue weighted by molar-refractivity contribution is 0.729. The van der Waals surface area contributed by atoms with Crippen LogP contribution in [0, 0.1) is 0 Å². The minimum Gasteiger partial charge on any atom is -0.278 e. The van der Waals surface area contributed by atoms with Gasteiger partial charge < -0.3 is 0 Å². The summed E-state index contributed by atoms with van der Waals surface area (Å²) in [6.45, 7) is 11.9. The van der Waals surface area contributed by atoms with E-state index >= 15 is 0 Å². The van der Waals surface area contributed by atoms with Crippen LogP contribution in [0.25, 0.3) is 10.9 Å².